The van der Waals surface area contributed by atoms with E-state index in [2.05, 4.69) is 23.3 Å². The second-order valence-electron chi connectivity index (χ2n) is 3.21. The van der Waals surface area contributed by atoms with Crippen LogP contribution < -0.4 is 5.32 Å². The number of thioether (sulfide) groups is 2. The SMILES string of the molecule is CSCCCNC1CCCSC1. The van der Waals surface area contributed by atoms with Gasteiger partial charge in [-0.1, -0.05) is 0 Å². The average Bonchev–Trinajstić information content (AvgIpc) is 2.14. The van der Waals surface area contributed by atoms with E-state index >= 15 is 0 Å². The van der Waals surface area contributed by atoms with Crippen LogP contribution in [0.15, 0.2) is 0 Å². The molecule has 1 rings (SSSR count). The summed E-state index contributed by atoms with van der Waals surface area (Å²) < 4.78 is 0. The Hall–Kier alpha value is 0.660. The van der Waals surface area contributed by atoms with Gasteiger partial charge in [-0.05, 0) is 43.6 Å². The van der Waals surface area contributed by atoms with Crippen molar-refractivity contribution in [2.24, 2.45) is 0 Å². The third-order valence-electron chi connectivity index (χ3n) is 2.12. The topological polar surface area (TPSA) is 12.0 Å². The van der Waals surface area contributed by atoms with Crippen LogP contribution in [0.4, 0.5) is 0 Å². The highest BCUT2D eigenvalue weighted by atomic mass is 32.2. The molecule has 1 unspecified atom stereocenters. The molecule has 72 valence electrons. The lowest BCUT2D eigenvalue weighted by atomic mass is 10.2. The van der Waals surface area contributed by atoms with Crippen LogP contribution in [-0.4, -0.2) is 36.1 Å². The zero-order valence-electron chi connectivity index (χ0n) is 7.84. The van der Waals surface area contributed by atoms with Gasteiger partial charge in [0.25, 0.3) is 0 Å². The summed E-state index contributed by atoms with van der Waals surface area (Å²) in [5.41, 5.74) is 0. The molecule has 1 aliphatic heterocycles. The van der Waals surface area contributed by atoms with Crippen molar-refractivity contribution in [3.8, 4) is 0 Å². The number of nitrogens with one attached hydrogen (secondary N) is 1. The predicted molar refractivity (Wildman–Crippen MR) is 61.3 cm³/mol. The summed E-state index contributed by atoms with van der Waals surface area (Å²) in [7, 11) is 0. The molecule has 1 aliphatic rings. The molecule has 0 saturated carbocycles. The molecule has 1 heterocycles. The second-order valence-corrected chi connectivity index (χ2v) is 5.35. The van der Waals surface area contributed by atoms with Gasteiger partial charge in [0, 0.05) is 11.8 Å². The summed E-state index contributed by atoms with van der Waals surface area (Å²) in [6.07, 6.45) is 6.30. The van der Waals surface area contributed by atoms with E-state index in [0.29, 0.717) is 0 Å². The maximum Gasteiger partial charge on any atom is 0.0158 e. The highest BCUT2D eigenvalue weighted by molar-refractivity contribution is 7.99. The molecule has 1 fully saturated rings. The molecule has 1 nitrogen and oxygen atoms in total. The Morgan fingerprint density at radius 2 is 2.50 bits per heavy atom. The Morgan fingerprint density at radius 3 is 3.17 bits per heavy atom. The van der Waals surface area contributed by atoms with Crippen LogP contribution in [0, 0.1) is 0 Å². The number of rotatable bonds is 5. The van der Waals surface area contributed by atoms with Crippen molar-refractivity contribution in [2.75, 3.05) is 30.1 Å². The Balaban J connectivity index is 1.91. The van der Waals surface area contributed by atoms with Crippen LogP contribution in [-0.2, 0) is 0 Å². The van der Waals surface area contributed by atoms with E-state index in [1.165, 1.54) is 43.1 Å². The van der Waals surface area contributed by atoms with E-state index in [9.17, 15) is 0 Å². The summed E-state index contributed by atoms with van der Waals surface area (Å²) in [6.45, 7) is 1.21. The first-order valence-electron chi connectivity index (χ1n) is 4.73. The molecule has 1 atom stereocenters. The fraction of sp³-hybridized carbons (Fsp3) is 1.00. The summed E-state index contributed by atoms with van der Waals surface area (Å²) in [6, 6.07) is 0.811. The largest absolute Gasteiger partial charge is 0.313 e. The first-order valence-corrected chi connectivity index (χ1v) is 7.28. The number of hydrogen-bond donors (Lipinski definition) is 1. The average molecular weight is 205 g/mol. The van der Waals surface area contributed by atoms with E-state index in [4.69, 9.17) is 0 Å². The number of hydrogen-bond acceptors (Lipinski definition) is 3. The third-order valence-corrected chi connectivity index (χ3v) is 4.03. The molecule has 0 spiro atoms. The predicted octanol–water partition coefficient (Wildman–Crippen LogP) is 2.22. The van der Waals surface area contributed by atoms with Gasteiger partial charge in [-0.3, -0.25) is 0 Å². The second kappa shape index (κ2) is 7.10. The van der Waals surface area contributed by atoms with Crippen molar-refractivity contribution >= 4 is 23.5 Å². The first kappa shape index (κ1) is 10.7. The molecule has 0 aromatic heterocycles. The van der Waals surface area contributed by atoms with Gasteiger partial charge in [0.2, 0.25) is 0 Å². The standard InChI is InChI=1S/C9H19NS2/c1-11-6-3-5-10-9-4-2-7-12-8-9/h9-10H,2-8H2,1H3. The van der Waals surface area contributed by atoms with Crippen molar-refractivity contribution in [2.45, 2.75) is 25.3 Å². The van der Waals surface area contributed by atoms with Gasteiger partial charge in [-0.25, -0.2) is 0 Å². The maximum atomic E-state index is 3.62. The van der Waals surface area contributed by atoms with Crippen molar-refractivity contribution in [3.63, 3.8) is 0 Å². The lowest BCUT2D eigenvalue weighted by molar-refractivity contribution is 0.509. The zero-order chi connectivity index (χ0) is 8.65. The van der Waals surface area contributed by atoms with Crippen LogP contribution in [0.2, 0.25) is 0 Å². The molecular formula is C9H19NS2. The van der Waals surface area contributed by atoms with Gasteiger partial charge in [0.1, 0.15) is 0 Å². The van der Waals surface area contributed by atoms with E-state index in [1.54, 1.807) is 0 Å². The van der Waals surface area contributed by atoms with Gasteiger partial charge in [0.15, 0.2) is 0 Å². The molecule has 0 amide bonds. The summed E-state index contributed by atoms with van der Waals surface area (Å²) in [5, 5.41) is 3.62. The van der Waals surface area contributed by atoms with Gasteiger partial charge >= 0.3 is 0 Å². The smallest absolute Gasteiger partial charge is 0.0158 e. The molecule has 0 bridgehead atoms. The molecule has 1 N–H and O–H groups in total. The fourth-order valence-corrected chi connectivity index (χ4v) is 2.96. The van der Waals surface area contributed by atoms with Crippen molar-refractivity contribution in [3.05, 3.63) is 0 Å². The minimum atomic E-state index is 0.811. The highest BCUT2D eigenvalue weighted by Crippen LogP contribution is 2.16. The molecule has 0 aromatic carbocycles. The monoisotopic (exact) mass is 205 g/mol. The van der Waals surface area contributed by atoms with E-state index in [1.807, 2.05) is 11.8 Å². The lowest BCUT2D eigenvalue weighted by Gasteiger charge is -2.22. The summed E-state index contributed by atoms with van der Waals surface area (Å²) in [4.78, 5) is 0. The molecule has 3 heteroatoms. The third kappa shape index (κ3) is 4.63. The van der Waals surface area contributed by atoms with Crippen LogP contribution >= 0.6 is 23.5 Å². The zero-order valence-corrected chi connectivity index (χ0v) is 9.48. The van der Waals surface area contributed by atoms with Gasteiger partial charge in [-0.2, -0.15) is 23.5 Å². The van der Waals surface area contributed by atoms with Crippen molar-refractivity contribution < 1.29 is 0 Å². The fourth-order valence-electron chi connectivity index (χ4n) is 1.42. The molecule has 12 heavy (non-hydrogen) atoms. The minimum Gasteiger partial charge on any atom is -0.313 e. The van der Waals surface area contributed by atoms with Crippen LogP contribution in [0.3, 0.4) is 0 Å². The Morgan fingerprint density at radius 1 is 1.58 bits per heavy atom. The summed E-state index contributed by atoms with van der Waals surface area (Å²) in [5.74, 6) is 4.01. The lowest BCUT2D eigenvalue weighted by Crippen LogP contribution is -2.34. The highest BCUT2D eigenvalue weighted by Gasteiger charge is 2.11. The van der Waals surface area contributed by atoms with E-state index in [0.717, 1.165) is 6.04 Å². The van der Waals surface area contributed by atoms with Crippen LogP contribution in [0.25, 0.3) is 0 Å². The Labute approximate surface area is 84.4 Å². The minimum absolute atomic E-state index is 0.811. The Kier molecular flexibility index (Phi) is 6.35. The van der Waals surface area contributed by atoms with E-state index in [-0.39, 0.29) is 0 Å². The van der Waals surface area contributed by atoms with Gasteiger partial charge in [0.05, 0.1) is 0 Å². The van der Waals surface area contributed by atoms with Crippen molar-refractivity contribution in [1.29, 1.82) is 0 Å². The van der Waals surface area contributed by atoms with E-state index < -0.39 is 0 Å². The molecule has 0 aromatic rings. The van der Waals surface area contributed by atoms with Gasteiger partial charge < -0.3 is 5.32 Å². The summed E-state index contributed by atoms with van der Waals surface area (Å²) >= 11 is 4.04. The molecule has 1 saturated heterocycles. The molecule has 0 radical (unpaired) electrons. The quantitative estimate of drug-likeness (QED) is 0.691. The molecule has 0 aliphatic carbocycles. The Bertz CT molecular complexity index is 103. The van der Waals surface area contributed by atoms with Crippen molar-refractivity contribution in [1.82, 2.24) is 5.32 Å². The van der Waals surface area contributed by atoms with Crippen LogP contribution in [0.5, 0.6) is 0 Å². The maximum absolute atomic E-state index is 3.62. The normalized spacial score (nSPS) is 24.2. The first-order chi connectivity index (χ1) is 5.93. The van der Waals surface area contributed by atoms with Crippen LogP contribution in [0.1, 0.15) is 19.3 Å². The molecular weight excluding hydrogens is 186 g/mol. The van der Waals surface area contributed by atoms with Gasteiger partial charge in [-0.15, -0.1) is 0 Å².